The molecule has 1 aliphatic rings. The van der Waals surface area contributed by atoms with Crippen LogP contribution in [0.2, 0.25) is 0 Å². The quantitative estimate of drug-likeness (QED) is 0.663. The smallest absolute Gasteiger partial charge is 0.243 e. The van der Waals surface area contributed by atoms with Crippen molar-refractivity contribution < 1.29 is 13.2 Å². The number of hydrogen-bond acceptors (Lipinski definition) is 4. The van der Waals surface area contributed by atoms with E-state index >= 15 is 0 Å². The highest BCUT2D eigenvalue weighted by molar-refractivity contribution is 7.92. The standard InChI is InChI=1S/C24H31N3O3S/c1-20-16-21(2)18-23(17-20)27(31(3,29)30)19-24(28)26-14-12-25(13-15-26)11-7-10-22-8-5-4-6-9-22/h4-10,16-18H,11-15,19H2,1-3H3/b10-7+. The van der Waals surface area contributed by atoms with Gasteiger partial charge in [0.2, 0.25) is 15.9 Å². The van der Waals surface area contributed by atoms with Crippen molar-refractivity contribution in [1.29, 1.82) is 0 Å². The molecule has 0 unspecified atom stereocenters. The number of nitrogens with zero attached hydrogens (tertiary/aromatic N) is 3. The van der Waals surface area contributed by atoms with Gasteiger partial charge in [-0.05, 0) is 42.7 Å². The average molecular weight is 442 g/mol. The summed E-state index contributed by atoms with van der Waals surface area (Å²) in [6.45, 7) is 7.24. The molecule has 1 heterocycles. The van der Waals surface area contributed by atoms with E-state index in [1.54, 1.807) is 17.0 Å². The summed E-state index contributed by atoms with van der Waals surface area (Å²) >= 11 is 0. The van der Waals surface area contributed by atoms with Gasteiger partial charge in [-0.2, -0.15) is 0 Å². The maximum absolute atomic E-state index is 12.9. The number of hydrogen-bond donors (Lipinski definition) is 0. The Morgan fingerprint density at radius 3 is 2.19 bits per heavy atom. The van der Waals surface area contributed by atoms with Crippen LogP contribution in [0.25, 0.3) is 6.08 Å². The lowest BCUT2D eigenvalue weighted by Gasteiger charge is -2.35. The summed E-state index contributed by atoms with van der Waals surface area (Å²) in [7, 11) is -3.57. The molecule has 2 aromatic carbocycles. The largest absolute Gasteiger partial charge is 0.339 e. The molecule has 0 saturated carbocycles. The van der Waals surface area contributed by atoms with E-state index in [4.69, 9.17) is 0 Å². The molecule has 0 N–H and O–H groups in total. The molecule has 6 nitrogen and oxygen atoms in total. The fourth-order valence-corrected chi connectivity index (χ4v) is 4.63. The summed E-state index contributed by atoms with van der Waals surface area (Å²) in [6.07, 6.45) is 5.39. The molecule has 2 aromatic rings. The summed E-state index contributed by atoms with van der Waals surface area (Å²) in [5, 5.41) is 0. The van der Waals surface area contributed by atoms with Crippen LogP contribution in [0.3, 0.4) is 0 Å². The first-order valence-electron chi connectivity index (χ1n) is 10.5. The summed E-state index contributed by atoms with van der Waals surface area (Å²) in [5.74, 6) is -0.163. The van der Waals surface area contributed by atoms with E-state index in [1.165, 1.54) is 9.87 Å². The third-order valence-electron chi connectivity index (χ3n) is 5.37. The van der Waals surface area contributed by atoms with Crippen LogP contribution in [0, 0.1) is 13.8 Å². The Morgan fingerprint density at radius 1 is 1.00 bits per heavy atom. The summed E-state index contributed by atoms with van der Waals surface area (Å²) in [5.41, 5.74) is 3.64. The van der Waals surface area contributed by atoms with Gasteiger partial charge in [-0.15, -0.1) is 0 Å². The lowest BCUT2D eigenvalue weighted by Crippen LogP contribution is -2.51. The molecule has 3 rings (SSSR count). The highest BCUT2D eigenvalue weighted by atomic mass is 32.2. The fourth-order valence-electron chi connectivity index (χ4n) is 3.80. The van der Waals surface area contributed by atoms with E-state index in [0.717, 1.165) is 37.0 Å². The van der Waals surface area contributed by atoms with E-state index in [9.17, 15) is 13.2 Å². The molecule has 0 spiro atoms. The Balaban J connectivity index is 1.57. The summed E-state index contributed by atoms with van der Waals surface area (Å²) in [6, 6.07) is 15.8. The fraction of sp³-hybridized carbons (Fsp3) is 0.375. The molecule has 1 amide bonds. The highest BCUT2D eigenvalue weighted by Gasteiger charge is 2.26. The zero-order chi connectivity index (χ0) is 22.4. The number of sulfonamides is 1. The van der Waals surface area contributed by atoms with Crippen LogP contribution < -0.4 is 4.31 Å². The Morgan fingerprint density at radius 2 is 1.61 bits per heavy atom. The molecule has 31 heavy (non-hydrogen) atoms. The number of carbonyl (C=O) groups is 1. The van der Waals surface area contributed by atoms with Crippen molar-refractivity contribution >= 4 is 27.7 Å². The van der Waals surface area contributed by atoms with Gasteiger partial charge in [0.05, 0.1) is 11.9 Å². The van der Waals surface area contributed by atoms with Gasteiger partial charge in [0.25, 0.3) is 0 Å². The second-order valence-electron chi connectivity index (χ2n) is 8.11. The Labute approximate surface area is 185 Å². The number of aryl methyl sites for hydroxylation is 2. The van der Waals surface area contributed by atoms with Gasteiger partial charge in [0, 0.05) is 32.7 Å². The van der Waals surface area contributed by atoms with Crippen molar-refractivity contribution in [2.24, 2.45) is 0 Å². The van der Waals surface area contributed by atoms with Crippen LogP contribution in [0.5, 0.6) is 0 Å². The van der Waals surface area contributed by atoms with Gasteiger partial charge in [0.15, 0.2) is 0 Å². The number of amides is 1. The molecule has 0 bridgehead atoms. The number of benzene rings is 2. The molecule has 0 aliphatic carbocycles. The van der Waals surface area contributed by atoms with Gasteiger partial charge in [0.1, 0.15) is 6.54 Å². The Kier molecular flexibility index (Phi) is 7.51. The lowest BCUT2D eigenvalue weighted by atomic mass is 10.1. The topological polar surface area (TPSA) is 60.9 Å². The number of rotatable bonds is 7. The van der Waals surface area contributed by atoms with E-state index in [1.807, 2.05) is 38.1 Å². The minimum absolute atomic E-state index is 0.163. The Hall–Kier alpha value is -2.64. The molecular weight excluding hydrogens is 410 g/mol. The minimum Gasteiger partial charge on any atom is -0.339 e. The maximum Gasteiger partial charge on any atom is 0.243 e. The first kappa shape index (κ1) is 23.0. The normalized spacial score (nSPS) is 15.4. The van der Waals surface area contributed by atoms with Crippen molar-refractivity contribution in [3.63, 3.8) is 0 Å². The average Bonchev–Trinajstić information content (AvgIpc) is 2.71. The zero-order valence-electron chi connectivity index (χ0n) is 18.5. The molecule has 0 aromatic heterocycles. The minimum atomic E-state index is -3.57. The van der Waals surface area contributed by atoms with E-state index in [2.05, 4.69) is 29.2 Å². The van der Waals surface area contributed by atoms with Crippen LogP contribution >= 0.6 is 0 Å². The molecule has 7 heteroatoms. The van der Waals surface area contributed by atoms with Gasteiger partial charge in [-0.3, -0.25) is 14.0 Å². The van der Waals surface area contributed by atoms with Crippen LogP contribution in [0.15, 0.2) is 54.6 Å². The molecule has 0 radical (unpaired) electrons. The van der Waals surface area contributed by atoms with Gasteiger partial charge in [-0.25, -0.2) is 8.42 Å². The van der Waals surface area contributed by atoms with Crippen molar-refractivity contribution in [2.75, 3.05) is 49.8 Å². The van der Waals surface area contributed by atoms with Crippen LogP contribution in [-0.2, 0) is 14.8 Å². The van der Waals surface area contributed by atoms with Crippen LogP contribution in [-0.4, -0.2) is 69.6 Å². The van der Waals surface area contributed by atoms with E-state index in [0.29, 0.717) is 18.8 Å². The lowest BCUT2D eigenvalue weighted by molar-refractivity contribution is -0.131. The first-order valence-corrected chi connectivity index (χ1v) is 12.3. The van der Waals surface area contributed by atoms with Crippen molar-refractivity contribution in [3.8, 4) is 0 Å². The molecule has 1 saturated heterocycles. The van der Waals surface area contributed by atoms with Gasteiger partial charge in [-0.1, -0.05) is 48.6 Å². The van der Waals surface area contributed by atoms with Crippen LogP contribution in [0.4, 0.5) is 5.69 Å². The van der Waals surface area contributed by atoms with Gasteiger partial charge < -0.3 is 4.90 Å². The number of carbonyl (C=O) groups excluding carboxylic acids is 1. The maximum atomic E-state index is 12.9. The zero-order valence-corrected chi connectivity index (χ0v) is 19.3. The molecule has 166 valence electrons. The molecule has 1 aliphatic heterocycles. The third-order valence-corrected chi connectivity index (χ3v) is 6.51. The second kappa shape index (κ2) is 10.1. The summed E-state index contributed by atoms with van der Waals surface area (Å²) < 4.78 is 26.0. The van der Waals surface area contributed by atoms with Crippen molar-refractivity contribution in [2.45, 2.75) is 13.8 Å². The number of anilines is 1. The monoisotopic (exact) mass is 441 g/mol. The molecule has 1 fully saturated rings. The van der Waals surface area contributed by atoms with E-state index < -0.39 is 10.0 Å². The third kappa shape index (κ3) is 6.67. The van der Waals surface area contributed by atoms with Crippen molar-refractivity contribution in [1.82, 2.24) is 9.80 Å². The number of piperazine rings is 1. The van der Waals surface area contributed by atoms with Gasteiger partial charge >= 0.3 is 0 Å². The summed E-state index contributed by atoms with van der Waals surface area (Å²) in [4.78, 5) is 16.9. The molecular formula is C24H31N3O3S. The Bertz CT molecular complexity index is 1010. The van der Waals surface area contributed by atoms with Crippen molar-refractivity contribution in [3.05, 3.63) is 71.3 Å². The second-order valence-corrected chi connectivity index (χ2v) is 10.0. The SMILES string of the molecule is Cc1cc(C)cc(N(CC(=O)N2CCN(C/C=C/c3ccccc3)CC2)S(C)(=O)=O)c1. The van der Waals surface area contributed by atoms with E-state index in [-0.39, 0.29) is 12.5 Å². The predicted octanol–water partition coefficient (Wildman–Crippen LogP) is 2.93. The predicted molar refractivity (Wildman–Crippen MR) is 127 cm³/mol. The van der Waals surface area contributed by atoms with Crippen LogP contribution in [0.1, 0.15) is 16.7 Å². The molecule has 0 atom stereocenters. The first-order chi connectivity index (χ1) is 14.7. The highest BCUT2D eigenvalue weighted by Crippen LogP contribution is 2.21.